The first-order valence-electron chi connectivity index (χ1n) is 9.09. The SMILES string of the molecule is COc1ccc([C@@H](NC(=O)CN(C2CC2)C(C)(C)CO)C(C)C)cc1. The summed E-state index contributed by atoms with van der Waals surface area (Å²) in [6, 6.07) is 8.20. The molecule has 0 radical (unpaired) electrons. The van der Waals surface area contributed by atoms with Crippen molar-refractivity contribution in [2.24, 2.45) is 5.92 Å². The van der Waals surface area contributed by atoms with Gasteiger partial charge in [0.05, 0.1) is 26.3 Å². The Labute approximate surface area is 151 Å². The van der Waals surface area contributed by atoms with Crippen molar-refractivity contribution in [1.29, 1.82) is 0 Å². The number of rotatable bonds is 9. The quantitative estimate of drug-likeness (QED) is 0.720. The second kappa shape index (κ2) is 8.19. The van der Waals surface area contributed by atoms with Crippen LogP contribution in [0.2, 0.25) is 0 Å². The third-order valence-corrected chi connectivity index (χ3v) is 4.92. The molecule has 0 aromatic heterocycles. The van der Waals surface area contributed by atoms with E-state index >= 15 is 0 Å². The lowest BCUT2D eigenvalue weighted by molar-refractivity contribution is -0.125. The number of carbonyl (C=O) groups excluding carboxylic acids is 1. The van der Waals surface area contributed by atoms with Crippen LogP contribution in [-0.2, 0) is 4.79 Å². The zero-order valence-corrected chi connectivity index (χ0v) is 16.1. The highest BCUT2D eigenvalue weighted by Crippen LogP contribution is 2.32. The van der Waals surface area contributed by atoms with Crippen LogP contribution < -0.4 is 10.1 Å². The van der Waals surface area contributed by atoms with Gasteiger partial charge in [-0.15, -0.1) is 0 Å². The summed E-state index contributed by atoms with van der Waals surface area (Å²) < 4.78 is 5.21. The number of aliphatic hydroxyl groups excluding tert-OH is 1. The molecule has 1 saturated carbocycles. The van der Waals surface area contributed by atoms with Crippen molar-refractivity contribution in [3.8, 4) is 5.75 Å². The molecule has 1 aromatic rings. The Balaban J connectivity index is 2.06. The van der Waals surface area contributed by atoms with Crippen molar-refractivity contribution in [2.75, 3.05) is 20.3 Å². The summed E-state index contributed by atoms with van der Waals surface area (Å²) >= 11 is 0. The van der Waals surface area contributed by atoms with Crippen LogP contribution in [0.1, 0.15) is 52.1 Å². The van der Waals surface area contributed by atoms with Crippen molar-refractivity contribution in [3.05, 3.63) is 29.8 Å². The number of nitrogens with zero attached hydrogens (tertiary/aromatic N) is 1. The van der Waals surface area contributed by atoms with Crippen LogP contribution in [0.15, 0.2) is 24.3 Å². The second-order valence-electron chi connectivity index (χ2n) is 7.89. The van der Waals surface area contributed by atoms with Gasteiger partial charge in [-0.05, 0) is 50.3 Å². The number of benzene rings is 1. The molecule has 0 bridgehead atoms. The molecule has 140 valence electrons. The predicted octanol–water partition coefficient (Wildman–Crippen LogP) is 2.74. The Morgan fingerprint density at radius 2 is 1.92 bits per heavy atom. The number of ether oxygens (including phenoxy) is 1. The monoisotopic (exact) mass is 348 g/mol. The van der Waals surface area contributed by atoms with E-state index in [9.17, 15) is 9.90 Å². The topological polar surface area (TPSA) is 61.8 Å². The van der Waals surface area contributed by atoms with E-state index in [4.69, 9.17) is 4.74 Å². The van der Waals surface area contributed by atoms with Crippen molar-refractivity contribution in [2.45, 2.75) is 58.2 Å². The van der Waals surface area contributed by atoms with Crippen LogP contribution in [-0.4, -0.2) is 47.8 Å². The lowest BCUT2D eigenvalue weighted by Gasteiger charge is -2.37. The lowest BCUT2D eigenvalue weighted by Crippen LogP contribution is -2.52. The van der Waals surface area contributed by atoms with E-state index in [1.807, 2.05) is 38.1 Å². The van der Waals surface area contributed by atoms with E-state index in [0.29, 0.717) is 12.6 Å². The molecule has 25 heavy (non-hydrogen) atoms. The van der Waals surface area contributed by atoms with Gasteiger partial charge in [0.2, 0.25) is 5.91 Å². The Hall–Kier alpha value is -1.59. The van der Waals surface area contributed by atoms with E-state index < -0.39 is 0 Å². The normalized spacial score (nSPS) is 16.2. The largest absolute Gasteiger partial charge is 0.497 e. The summed E-state index contributed by atoms with van der Waals surface area (Å²) in [5, 5.41) is 12.8. The number of nitrogens with one attached hydrogen (secondary N) is 1. The van der Waals surface area contributed by atoms with Gasteiger partial charge >= 0.3 is 0 Å². The smallest absolute Gasteiger partial charge is 0.234 e. The van der Waals surface area contributed by atoms with E-state index in [0.717, 1.165) is 24.2 Å². The minimum Gasteiger partial charge on any atom is -0.497 e. The van der Waals surface area contributed by atoms with Crippen molar-refractivity contribution in [1.82, 2.24) is 10.2 Å². The molecule has 1 aliphatic carbocycles. The number of hydrogen-bond acceptors (Lipinski definition) is 4. The summed E-state index contributed by atoms with van der Waals surface area (Å²) in [6.07, 6.45) is 2.20. The van der Waals surface area contributed by atoms with Gasteiger partial charge < -0.3 is 15.2 Å². The van der Waals surface area contributed by atoms with Gasteiger partial charge in [-0.25, -0.2) is 0 Å². The Morgan fingerprint density at radius 3 is 2.36 bits per heavy atom. The number of carbonyl (C=O) groups is 1. The number of methoxy groups -OCH3 is 1. The van der Waals surface area contributed by atoms with Crippen LogP contribution in [0.3, 0.4) is 0 Å². The third kappa shape index (κ3) is 5.19. The van der Waals surface area contributed by atoms with Crippen molar-refractivity contribution >= 4 is 5.91 Å². The van der Waals surface area contributed by atoms with Crippen LogP contribution >= 0.6 is 0 Å². The molecule has 1 fully saturated rings. The molecular weight excluding hydrogens is 316 g/mol. The fourth-order valence-electron chi connectivity index (χ4n) is 3.13. The standard InChI is InChI=1S/C20H32N2O3/c1-14(2)19(15-6-10-17(25-5)11-7-15)21-18(24)12-22(16-8-9-16)20(3,4)13-23/h6-7,10-11,14,16,19,23H,8-9,12-13H2,1-5H3,(H,21,24)/t19-/m0/s1. The zero-order valence-electron chi connectivity index (χ0n) is 16.1. The van der Waals surface area contributed by atoms with Crippen LogP contribution in [0.5, 0.6) is 5.75 Å². The zero-order chi connectivity index (χ0) is 18.6. The molecule has 1 aromatic carbocycles. The Kier molecular flexibility index (Phi) is 6.47. The molecule has 0 aliphatic heterocycles. The maximum Gasteiger partial charge on any atom is 0.234 e. The molecule has 1 amide bonds. The van der Waals surface area contributed by atoms with E-state index in [-0.39, 0.29) is 30.0 Å². The number of hydrogen-bond donors (Lipinski definition) is 2. The highest BCUT2D eigenvalue weighted by Gasteiger charge is 2.39. The van der Waals surface area contributed by atoms with Crippen LogP contribution in [0.25, 0.3) is 0 Å². The molecule has 5 heteroatoms. The minimum absolute atomic E-state index is 0.00273. The molecule has 5 nitrogen and oxygen atoms in total. The van der Waals surface area contributed by atoms with Crippen molar-refractivity contribution in [3.63, 3.8) is 0 Å². The van der Waals surface area contributed by atoms with E-state index in [2.05, 4.69) is 24.1 Å². The molecule has 0 spiro atoms. The highest BCUT2D eigenvalue weighted by molar-refractivity contribution is 5.78. The summed E-state index contributed by atoms with van der Waals surface area (Å²) in [7, 11) is 1.64. The molecule has 1 aliphatic rings. The number of aliphatic hydroxyl groups is 1. The van der Waals surface area contributed by atoms with Gasteiger partial charge in [0.1, 0.15) is 5.75 Å². The number of amides is 1. The summed E-state index contributed by atoms with van der Waals surface area (Å²) in [6.45, 7) is 8.54. The maximum absolute atomic E-state index is 12.7. The molecule has 0 heterocycles. The second-order valence-corrected chi connectivity index (χ2v) is 7.89. The summed E-state index contributed by atoms with van der Waals surface area (Å²) in [5.74, 6) is 1.09. The van der Waals surface area contributed by atoms with E-state index in [1.54, 1.807) is 7.11 Å². The third-order valence-electron chi connectivity index (χ3n) is 4.92. The van der Waals surface area contributed by atoms with Gasteiger partial charge in [-0.3, -0.25) is 9.69 Å². The fourth-order valence-corrected chi connectivity index (χ4v) is 3.13. The fraction of sp³-hybridized carbons (Fsp3) is 0.650. The molecule has 0 unspecified atom stereocenters. The molecular formula is C20H32N2O3. The van der Waals surface area contributed by atoms with Gasteiger partial charge in [0, 0.05) is 11.6 Å². The Bertz CT molecular complexity index is 565. The van der Waals surface area contributed by atoms with E-state index in [1.165, 1.54) is 0 Å². The first kappa shape index (κ1) is 19.7. The average molecular weight is 348 g/mol. The average Bonchev–Trinajstić information content (AvgIpc) is 3.42. The molecule has 2 rings (SSSR count). The van der Waals surface area contributed by atoms with Gasteiger partial charge in [-0.1, -0.05) is 26.0 Å². The molecule has 2 N–H and O–H groups in total. The van der Waals surface area contributed by atoms with Gasteiger partial charge in [-0.2, -0.15) is 0 Å². The summed E-state index contributed by atoms with van der Waals surface area (Å²) in [4.78, 5) is 14.8. The summed E-state index contributed by atoms with van der Waals surface area (Å²) in [5.41, 5.74) is 0.690. The van der Waals surface area contributed by atoms with Gasteiger partial charge in [0.25, 0.3) is 0 Å². The molecule has 1 atom stereocenters. The first-order chi connectivity index (χ1) is 11.8. The molecule has 0 saturated heterocycles. The maximum atomic E-state index is 12.7. The Morgan fingerprint density at radius 1 is 1.32 bits per heavy atom. The highest BCUT2D eigenvalue weighted by atomic mass is 16.5. The predicted molar refractivity (Wildman–Crippen MR) is 99.6 cm³/mol. The van der Waals surface area contributed by atoms with Crippen LogP contribution in [0, 0.1) is 5.92 Å². The van der Waals surface area contributed by atoms with Gasteiger partial charge in [0.15, 0.2) is 0 Å². The first-order valence-corrected chi connectivity index (χ1v) is 9.09. The van der Waals surface area contributed by atoms with Crippen LogP contribution in [0.4, 0.5) is 0 Å². The lowest BCUT2D eigenvalue weighted by atomic mass is 9.95. The minimum atomic E-state index is -0.383. The van der Waals surface area contributed by atoms with Crippen molar-refractivity contribution < 1.29 is 14.6 Å².